The number of hydrogen-bond donors (Lipinski definition) is 2. The molecule has 160 valence electrons. The van der Waals surface area contributed by atoms with Gasteiger partial charge in [-0.3, -0.25) is 9.78 Å². The molecule has 0 saturated heterocycles. The maximum Gasteiger partial charge on any atom is 0.258 e. The fourth-order valence-electron chi connectivity index (χ4n) is 3.32. The van der Waals surface area contributed by atoms with E-state index < -0.39 is 6.04 Å². The first-order chi connectivity index (χ1) is 15.6. The van der Waals surface area contributed by atoms with Gasteiger partial charge in [-0.2, -0.15) is 0 Å². The molecule has 0 bridgehead atoms. The van der Waals surface area contributed by atoms with Crippen molar-refractivity contribution < 1.29 is 14.6 Å². The third-order valence-corrected chi connectivity index (χ3v) is 5.20. The van der Waals surface area contributed by atoms with E-state index in [1.165, 1.54) is 0 Å². The van der Waals surface area contributed by atoms with Crippen LogP contribution in [-0.4, -0.2) is 22.6 Å². The molecule has 4 aromatic rings. The number of fused-ring (bicyclic) bond motifs is 1. The molecule has 0 fully saturated rings. The lowest BCUT2D eigenvalue weighted by Gasteiger charge is -2.19. The number of hydrogen-bond acceptors (Lipinski definition) is 4. The van der Waals surface area contributed by atoms with E-state index in [4.69, 9.17) is 16.3 Å². The number of carbonyl (C=O) groups is 1. The lowest BCUT2D eigenvalue weighted by molar-refractivity contribution is -0.123. The van der Waals surface area contributed by atoms with Crippen LogP contribution in [0.4, 0.5) is 0 Å². The second-order valence-corrected chi connectivity index (χ2v) is 7.52. The van der Waals surface area contributed by atoms with Crippen molar-refractivity contribution >= 4 is 34.5 Å². The van der Waals surface area contributed by atoms with Crippen LogP contribution in [0.1, 0.15) is 17.2 Å². The minimum atomic E-state index is -0.647. The van der Waals surface area contributed by atoms with Gasteiger partial charge in [0.05, 0.1) is 11.1 Å². The number of rotatable bonds is 7. The van der Waals surface area contributed by atoms with Crippen LogP contribution >= 0.6 is 11.6 Å². The number of phenols is 1. The first kappa shape index (κ1) is 21.4. The minimum absolute atomic E-state index is 0.0306. The summed E-state index contributed by atoms with van der Waals surface area (Å²) in [4.78, 5) is 16.9. The zero-order chi connectivity index (χ0) is 22.3. The Balaban J connectivity index is 1.63. The van der Waals surface area contributed by atoms with Crippen LogP contribution in [0.25, 0.3) is 17.0 Å². The van der Waals surface area contributed by atoms with Gasteiger partial charge in [-0.15, -0.1) is 0 Å². The number of phenolic OH excluding ortho intramolecular Hbond substituents is 1. The van der Waals surface area contributed by atoms with Gasteiger partial charge in [-0.05, 0) is 35.9 Å². The standard InChI is InChI=1S/C26H21ClN2O3/c27-22-16-21(26(31)25-20(22)12-7-15-28-25)23(14-13-18-8-3-1-4-9-18)29-24(30)17-32-19-10-5-2-6-11-19/h1-16,23,31H,17H2,(H,29,30)/b14-13+/t23-/m0/s1. The summed E-state index contributed by atoms with van der Waals surface area (Å²) in [6.45, 7) is -0.167. The van der Waals surface area contributed by atoms with Crippen LogP contribution in [0, 0.1) is 0 Å². The minimum Gasteiger partial charge on any atom is -0.505 e. The van der Waals surface area contributed by atoms with E-state index in [9.17, 15) is 9.90 Å². The fourth-order valence-corrected chi connectivity index (χ4v) is 3.59. The molecule has 0 aliphatic rings. The predicted octanol–water partition coefficient (Wildman–Crippen LogP) is 5.54. The number of halogens is 1. The van der Waals surface area contributed by atoms with Crippen molar-refractivity contribution in [3.8, 4) is 11.5 Å². The SMILES string of the molecule is O=C(COc1ccccc1)N[C@@H](/C=C/c1ccccc1)c1cc(Cl)c2cccnc2c1O. The molecule has 6 heteroatoms. The van der Waals surface area contributed by atoms with Crippen LogP contribution in [0.3, 0.4) is 0 Å². The number of pyridine rings is 1. The van der Waals surface area contributed by atoms with Gasteiger partial charge < -0.3 is 15.2 Å². The molecule has 0 unspecified atom stereocenters. The van der Waals surface area contributed by atoms with E-state index in [0.717, 1.165) is 5.56 Å². The largest absolute Gasteiger partial charge is 0.505 e. The number of para-hydroxylation sites is 1. The van der Waals surface area contributed by atoms with E-state index in [0.29, 0.717) is 27.2 Å². The second kappa shape index (κ2) is 9.98. The third-order valence-electron chi connectivity index (χ3n) is 4.89. The molecule has 2 N–H and O–H groups in total. The lowest BCUT2D eigenvalue weighted by atomic mass is 10.0. The molecule has 1 atom stereocenters. The van der Waals surface area contributed by atoms with Gasteiger partial charge in [-0.1, -0.05) is 72.3 Å². The molecule has 0 spiro atoms. The van der Waals surface area contributed by atoms with Crippen molar-refractivity contribution in [3.05, 3.63) is 107 Å². The van der Waals surface area contributed by atoms with Gasteiger partial charge >= 0.3 is 0 Å². The van der Waals surface area contributed by atoms with Crippen LogP contribution in [0.15, 0.2) is 91.1 Å². The van der Waals surface area contributed by atoms with E-state index >= 15 is 0 Å². The first-order valence-electron chi connectivity index (χ1n) is 10.1. The van der Waals surface area contributed by atoms with Crippen LogP contribution in [0.5, 0.6) is 11.5 Å². The number of ether oxygens (including phenoxy) is 1. The summed E-state index contributed by atoms with van der Waals surface area (Å²) in [6, 6.07) is 23.3. The maximum absolute atomic E-state index is 12.7. The van der Waals surface area contributed by atoms with Crippen molar-refractivity contribution in [2.75, 3.05) is 6.61 Å². The Bertz CT molecular complexity index is 1240. The third kappa shape index (κ3) is 5.07. The molecule has 32 heavy (non-hydrogen) atoms. The Morgan fingerprint density at radius 1 is 1.06 bits per heavy atom. The number of nitrogens with one attached hydrogen (secondary N) is 1. The molecule has 5 nitrogen and oxygen atoms in total. The van der Waals surface area contributed by atoms with E-state index in [1.54, 1.807) is 42.6 Å². The molecule has 3 aromatic carbocycles. The zero-order valence-corrected chi connectivity index (χ0v) is 17.9. The van der Waals surface area contributed by atoms with Crippen molar-refractivity contribution in [1.82, 2.24) is 10.3 Å². The van der Waals surface area contributed by atoms with Gasteiger partial charge in [0.1, 0.15) is 17.0 Å². The summed E-state index contributed by atoms with van der Waals surface area (Å²) < 4.78 is 5.55. The molecule has 0 radical (unpaired) electrons. The number of aromatic hydroxyl groups is 1. The molecular formula is C26H21ClN2O3. The maximum atomic E-state index is 12.7. The predicted molar refractivity (Wildman–Crippen MR) is 127 cm³/mol. The number of amides is 1. The first-order valence-corrected chi connectivity index (χ1v) is 10.5. The van der Waals surface area contributed by atoms with Gasteiger partial charge in [0.25, 0.3) is 5.91 Å². The summed E-state index contributed by atoms with van der Waals surface area (Å²) >= 11 is 6.46. The van der Waals surface area contributed by atoms with Gasteiger partial charge in [0, 0.05) is 17.1 Å². The zero-order valence-electron chi connectivity index (χ0n) is 17.1. The highest BCUT2D eigenvalue weighted by Crippen LogP contribution is 2.36. The molecule has 0 aliphatic heterocycles. The number of benzene rings is 3. The Kier molecular flexibility index (Phi) is 6.68. The molecule has 4 rings (SSSR count). The summed E-state index contributed by atoms with van der Waals surface area (Å²) in [6.07, 6.45) is 5.26. The Hall–Kier alpha value is -3.83. The Morgan fingerprint density at radius 3 is 2.53 bits per heavy atom. The Labute approximate surface area is 191 Å². The smallest absolute Gasteiger partial charge is 0.258 e. The quantitative estimate of drug-likeness (QED) is 0.392. The molecular weight excluding hydrogens is 424 g/mol. The van der Waals surface area contributed by atoms with Crippen molar-refractivity contribution in [1.29, 1.82) is 0 Å². The molecule has 1 heterocycles. The number of nitrogens with zero attached hydrogens (tertiary/aromatic N) is 1. The highest BCUT2D eigenvalue weighted by molar-refractivity contribution is 6.35. The highest BCUT2D eigenvalue weighted by atomic mass is 35.5. The van der Waals surface area contributed by atoms with Gasteiger partial charge in [0.2, 0.25) is 0 Å². The van der Waals surface area contributed by atoms with Gasteiger partial charge in [-0.25, -0.2) is 0 Å². The number of carbonyl (C=O) groups excluding carboxylic acids is 1. The number of aromatic nitrogens is 1. The van der Waals surface area contributed by atoms with Crippen molar-refractivity contribution in [2.24, 2.45) is 0 Å². The molecule has 1 aromatic heterocycles. The van der Waals surface area contributed by atoms with E-state index in [-0.39, 0.29) is 18.3 Å². The average Bonchev–Trinajstić information content (AvgIpc) is 2.84. The lowest BCUT2D eigenvalue weighted by Crippen LogP contribution is -2.32. The fraction of sp³-hybridized carbons (Fsp3) is 0.0769. The summed E-state index contributed by atoms with van der Waals surface area (Å²) in [5.41, 5.74) is 1.78. The normalized spacial score (nSPS) is 12.0. The molecule has 0 saturated carbocycles. The van der Waals surface area contributed by atoms with E-state index in [1.807, 2.05) is 54.6 Å². The van der Waals surface area contributed by atoms with Gasteiger partial charge in [0.15, 0.2) is 6.61 Å². The van der Waals surface area contributed by atoms with Crippen molar-refractivity contribution in [3.63, 3.8) is 0 Å². The van der Waals surface area contributed by atoms with Crippen LogP contribution in [0.2, 0.25) is 5.02 Å². The second-order valence-electron chi connectivity index (χ2n) is 7.11. The average molecular weight is 445 g/mol. The van der Waals surface area contributed by atoms with Crippen LogP contribution < -0.4 is 10.1 Å². The summed E-state index contributed by atoms with van der Waals surface area (Å²) in [5.74, 6) is 0.227. The van der Waals surface area contributed by atoms with Crippen molar-refractivity contribution in [2.45, 2.75) is 6.04 Å². The monoisotopic (exact) mass is 444 g/mol. The summed E-state index contributed by atoms with van der Waals surface area (Å²) in [5, 5.41) is 14.9. The summed E-state index contributed by atoms with van der Waals surface area (Å²) in [7, 11) is 0. The molecule has 0 aliphatic carbocycles. The van der Waals surface area contributed by atoms with E-state index in [2.05, 4.69) is 10.3 Å². The molecule has 1 amide bonds. The topological polar surface area (TPSA) is 71.5 Å². The van der Waals surface area contributed by atoms with Crippen LogP contribution in [-0.2, 0) is 4.79 Å². The Morgan fingerprint density at radius 2 is 1.78 bits per heavy atom. The highest BCUT2D eigenvalue weighted by Gasteiger charge is 2.20.